The largest absolute Gasteiger partial charge is 0.372 e. The Morgan fingerprint density at radius 3 is 2.82 bits per heavy atom. The van der Waals surface area contributed by atoms with E-state index in [2.05, 4.69) is 46.6 Å². The number of rotatable bonds is 4. The second-order valence-corrected chi connectivity index (χ2v) is 4.60. The molecule has 1 aliphatic heterocycles. The van der Waals surface area contributed by atoms with Crippen molar-refractivity contribution >= 4 is 11.8 Å². The zero-order valence-corrected chi connectivity index (χ0v) is 10.7. The molecule has 1 aromatic carbocycles. The number of nitrogens with zero attached hydrogens (tertiary/aromatic N) is 1. The summed E-state index contributed by atoms with van der Waals surface area (Å²) in [7, 11) is 1.97. The van der Waals surface area contributed by atoms with Crippen molar-refractivity contribution in [1.29, 1.82) is 0 Å². The van der Waals surface area contributed by atoms with Crippen LogP contribution in [0.1, 0.15) is 24.8 Å². The topological polar surface area (TPSA) is 15.3 Å². The van der Waals surface area contributed by atoms with Crippen LogP contribution in [0.5, 0.6) is 0 Å². The fourth-order valence-electron chi connectivity index (χ4n) is 2.29. The van der Waals surface area contributed by atoms with Gasteiger partial charge in [0.1, 0.15) is 0 Å². The van der Waals surface area contributed by atoms with E-state index in [4.69, 9.17) is 0 Å². The van der Waals surface area contributed by atoms with Crippen LogP contribution in [0.25, 0.3) is 6.08 Å². The molecule has 0 radical (unpaired) electrons. The van der Waals surface area contributed by atoms with E-state index in [0.29, 0.717) is 0 Å². The van der Waals surface area contributed by atoms with Gasteiger partial charge in [-0.25, -0.2) is 0 Å². The number of piperidine rings is 1. The molecule has 1 N–H and O–H groups in total. The third kappa shape index (κ3) is 3.60. The number of likely N-dealkylation sites (N-methyl/N-ethyl adjacent to an activating group) is 1. The average molecular weight is 230 g/mol. The van der Waals surface area contributed by atoms with E-state index in [1.165, 1.54) is 43.6 Å². The summed E-state index contributed by atoms with van der Waals surface area (Å²) in [4.78, 5) is 2.50. The van der Waals surface area contributed by atoms with Gasteiger partial charge in [-0.1, -0.05) is 24.3 Å². The van der Waals surface area contributed by atoms with Gasteiger partial charge in [-0.15, -0.1) is 0 Å². The quantitative estimate of drug-likeness (QED) is 0.855. The molecule has 1 saturated heterocycles. The maximum absolute atomic E-state index is 3.12. The van der Waals surface area contributed by atoms with Crippen LogP contribution in [0.4, 0.5) is 5.69 Å². The highest BCUT2D eigenvalue weighted by molar-refractivity contribution is 5.58. The minimum absolute atomic E-state index is 0.925. The van der Waals surface area contributed by atoms with E-state index in [1.807, 2.05) is 7.05 Å². The molecule has 0 spiro atoms. The predicted octanol–water partition coefficient (Wildman–Crippen LogP) is 2.91. The Balaban J connectivity index is 2.05. The van der Waals surface area contributed by atoms with Gasteiger partial charge in [0.05, 0.1) is 0 Å². The summed E-state index contributed by atoms with van der Waals surface area (Å²) in [6, 6.07) is 8.83. The molecule has 0 bridgehead atoms. The maximum Gasteiger partial charge on any atom is 0.0372 e. The Kier molecular flexibility index (Phi) is 4.63. The number of anilines is 1. The molecule has 1 aliphatic rings. The van der Waals surface area contributed by atoms with Crippen LogP contribution in [0.3, 0.4) is 0 Å². The lowest BCUT2D eigenvalue weighted by molar-refractivity contribution is 0.578. The Morgan fingerprint density at radius 2 is 2.06 bits per heavy atom. The number of benzene rings is 1. The van der Waals surface area contributed by atoms with Gasteiger partial charge in [0.25, 0.3) is 0 Å². The first-order chi connectivity index (χ1) is 8.40. The minimum Gasteiger partial charge on any atom is -0.372 e. The fraction of sp³-hybridized carbons (Fsp3) is 0.467. The number of nitrogens with one attached hydrogen (secondary N) is 1. The molecule has 2 rings (SSSR count). The zero-order chi connectivity index (χ0) is 11.9. The Bertz CT molecular complexity index is 365. The average Bonchev–Trinajstić information content (AvgIpc) is 2.41. The standard InChI is InChI=1S/C15H22N2/c1-16-10-6-8-14-7-5-9-15(13-14)17-11-3-2-4-12-17/h5-9,13,16H,2-4,10-12H2,1H3. The minimum atomic E-state index is 0.925. The van der Waals surface area contributed by atoms with Crippen LogP contribution >= 0.6 is 0 Å². The Labute approximate surface area is 104 Å². The molecule has 2 heteroatoms. The van der Waals surface area contributed by atoms with Crippen molar-refractivity contribution in [2.75, 3.05) is 31.6 Å². The van der Waals surface area contributed by atoms with Crippen molar-refractivity contribution < 1.29 is 0 Å². The molecule has 92 valence electrons. The molecular formula is C15H22N2. The molecule has 2 nitrogen and oxygen atoms in total. The van der Waals surface area contributed by atoms with Gasteiger partial charge in [-0.3, -0.25) is 0 Å². The van der Waals surface area contributed by atoms with Crippen LogP contribution in [-0.4, -0.2) is 26.7 Å². The lowest BCUT2D eigenvalue weighted by atomic mass is 10.1. The summed E-state index contributed by atoms with van der Waals surface area (Å²) >= 11 is 0. The lowest BCUT2D eigenvalue weighted by Crippen LogP contribution is -2.29. The third-order valence-electron chi connectivity index (χ3n) is 3.22. The van der Waals surface area contributed by atoms with Gasteiger partial charge in [0.2, 0.25) is 0 Å². The van der Waals surface area contributed by atoms with Crippen LogP contribution < -0.4 is 10.2 Å². The smallest absolute Gasteiger partial charge is 0.0372 e. The zero-order valence-electron chi connectivity index (χ0n) is 10.7. The van der Waals surface area contributed by atoms with Crippen LogP contribution in [-0.2, 0) is 0 Å². The molecular weight excluding hydrogens is 208 g/mol. The first-order valence-electron chi connectivity index (χ1n) is 6.56. The maximum atomic E-state index is 3.12. The van der Waals surface area contributed by atoms with Gasteiger partial charge in [0.15, 0.2) is 0 Å². The Morgan fingerprint density at radius 1 is 1.24 bits per heavy atom. The van der Waals surface area contributed by atoms with Crippen molar-refractivity contribution in [2.24, 2.45) is 0 Å². The first-order valence-corrected chi connectivity index (χ1v) is 6.56. The molecule has 0 unspecified atom stereocenters. The van der Waals surface area contributed by atoms with Gasteiger partial charge >= 0.3 is 0 Å². The third-order valence-corrected chi connectivity index (χ3v) is 3.22. The molecule has 0 saturated carbocycles. The predicted molar refractivity (Wildman–Crippen MR) is 75.5 cm³/mol. The van der Waals surface area contributed by atoms with E-state index in [-0.39, 0.29) is 0 Å². The molecule has 1 fully saturated rings. The van der Waals surface area contributed by atoms with Crippen LogP contribution in [0.2, 0.25) is 0 Å². The highest BCUT2D eigenvalue weighted by Gasteiger charge is 2.10. The van der Waals surface area contributed by atoms with Crippen molar-refractivity contribution in [1.82, 2.24) is 5.32 Å². The first kappa shape index (κ1) is 12.2. The molecule has 0 amide bonds. The summed E-state index contributed by atoms with van der Waals surface area (Å²) in [5.41, 5.74) is 2.67. The van der Waals surface area contributed by atoms with Gasteiger partial charge < -0.3 is 10.2 Å². The van der Waals surface area contributed by atoms with Crippen molar-refractivity contribution in [3.8, 4) is 0 Å². The molecule has 1 heterocycles. The Hall–Kier alpha value is -1.28. The molecule has 0 aliphatic carbocycles. The van der Waals surface area contributed by atoms with Crippen LogP contribution in [0, 0.1) is 0 Å². The highest BCUT2D eigenvalue weighted by atomic mass is 15.1. The van der Waals surface area contributed by atoms with E-state index in [1.54, 1.807) is 0 Å². The number of hydrogen-bond donors (Lipinski definition) is 1. The van der Waals surface area contributed by atoms with E-state index >= 15 is 0 Å². The van der Waals surface area contributed by atoms with Crippen molar-refractivity contribution in [3.63, 3.8) is 0 Å². The van der Waals surface area contributed by atoms with Crippen LogP contribution in [0.15, 0.2) is 30.3 Å². The van der Waals surface area contributed by atoms with E-state index < -0.39 is 0 Å². The van der Waals surface area contributed by atoms with Gasteiger partial charge in [0, 0.05) is 25.3 Å². The number of hydrogen-bond acceptors (Lipinski definition) is 2. The molecule has 0 atom stereocenters. The summed E-state index contributed by atoms with van der Waals surface area (Å²) in [6.07, 6.45) is 8.40. The van der Waals surface area contributed by atoms with Gasteiger partial charge in [-0.05, 0) is 44.0 Å². The molecule has 1 aromatic rings. The molecule has 17 heavy (non-hydrogen) atoms. The summed E-state index contributed by atoms with van der Waals surface area (Å²) in [5.74, 6) is 0. The van der Waals surface area contributed by atoms with E-state index in [0.717, 1.165) is 6.54 Å². The monoisotopic (exact) mass is 230 g/mol. The summed E-state index contributed by atoms with van der Waals surface area (Å²) in [6.45, 7) is 3.35. The normalized spacial score (nSPS) is 16.6. The summed E-state index contributed by atoms with van der Waals surface area (Å²) < 4.78 is 0. The van der Waals surface area contributed by atoms with Crippen molar-refractivity contribution in [2.45, 2.75) is 19.3 Å². The highest BCUT2D eigenvalue weighted by Crippen LogP contribution is 2.21. The SMILES string of the molecule is CNCC=Cc1cccc(N2CCCCC2)c1. The van der Waals surface area contributed by atoms with Crippen molar-refractivity contribution in [3.05, 3.63) is 35.9 Å². The second-order valence-electron chi connectivity index (χ2n) is 4.60. The second kappa shape index (κ2) is 6.45. The van der Waals surface area contributed by atoms with E-state index in [9.17, 15) is 0 Å². The van der Waals surface area contributed by atoms with Gasteiger partial charge in [-0.2, -0.15) is 0 Å². The molecule has 0 aromatic heterocycles. The summed E-state index contributed by atoms with van der Waals surface area (Å²) in [5, 5.41) is 3.12. The fourth-order valence-corrected chi connectivity index (χ4v) is 2.29. The lowest BCUT2D eigenvalue weighted by Gasteiger charge is -2.29.